The van der Waals surface area contributed by atoms with Crippen molar-refractivity contribution >= 4 is 0 Å². The average molecular weight is 216 g/mol. The van der Waals surface area contributed by atoms with Gasteiger partial charge < -0.3 is 4.74 Å². The van der Waals surface area contributed by atoms with Gasteiger partial charge in [-0.2, -0.15) is 0 Å². The highest BCUT2D eigenvalue weighted by Crippen LogP contribution is 2.56. The standard InChI is InChI=1S/C15H20O/c1-14(2,3)11-4-5-13-12(10-11)15(6-7-15)8-9-16-13/h4-5,10H,6-9H2,1-3H3. The molecule has 1 fully saturated rings. The molecule has 1 aromatic carbocycles. The van der Waals surface area contributed by atoms with Gasteiger partial charge in [0.2, 0.25) is 0 Å². The maximum absolute atomic E-state index is 5.77. The van der Waals surface area contributed by atoms with Crippen molar-refractivity contribution in [1.29, 1.82) is 0 Å². The highest BCUT2D eigenvalue weighted by molar-refractivity contribution is 5.48. The molecule has 1 heterocycles. The van der Waals surface area contributed by atoms with Gasteiger partial charge in [0.15, 0.2) is 0 Å². The Morgan fingerprint density at radius 2 is 1.88 bits per heavy atom. The van der Waals surface area contributed by atoms with Gasteiger partial charge in [-0.3, -0.25) is 0 Å². The largest absolute Gasteiger partial charge is 0.493 e. The van der Waals surface area contributed by atoms with E-state index in [1.807, 2.05) is 0 Å². The summed E-state index contributed by atoms with van der Waals surface area (Å²) in [5.74, 6) is 1.14. The Morgan fingerprint density at radius 3 is 2.50 bits per heavy atom. The Morgan fingerprint density at radius 1 is 1.12 bits per heavy atom. The molecule has 1 heteroatoms. The second-order valence-electron chi connectivity index (χ2n) is 6.34. The molecule has 16 heavy (non-hydrogen) atoms. The summed E-state index contributed by atoms with van der Waals surface area (Å²) in [4.78, 5) is 0. The zero-order valence-corrected chi connectivity index (χ0v) is 10.5. The van der Waals surface area contributed by atoms with Crippen LogP contribution in [0.25, 0.3) is 0 Å². The van der Waals surface area contributed by atoms with E-state index in [9.17, 15) is 0 Å². The monoisotopic (exact) mass is 216 g/mol. The first-order chi connectivity index (χ1) is 7.51. The van der Waals surface area contributed by atoms with Gasteiger partial charge in [-0.25, -0.2) is 0 Å². The predicted molar refractivity (Wildman–Crippen MR) is 66.2 cm³/mol. The fourth-order valence-corrected chi connectivity index (χ4v) is 2.70. The minimum atomic E-state index is 0.239. The van der Waals surface area contributed by atoms with Crippen molar-refractivity contribution in [2.45, 2.75) is 50.9 Å². The van der Waals surface area contributed by atoms with Gasteiger partial charge in [-0.15, -0.1) is 0 Å². The molecule has 0 amide bonds. The van der Waals surface area contributed by atoms with Gasteiger partial charge in [0, 0.05) is 11.0 Å². The van der Waals surface area contributed by atoms with Crippen LogP contribution in [-0.4, -0.2) is 6.61 Å². The third-order valence-corrected chi connectivity index (χ3v) is 4.11. The van der Waals surface area contributed by atoms with E-state index in [1.165, 1.54) is 30.4 Å². The van der Waals surface area contributed by atoms with Crippen molar-refractivity contribution in [2.75, 3.05) is 6.61 Å². The number of ether oxygens (including phenoxy) is 1. The number of fused-ring (bicyclic) bond motifs is 2. The van der Waals surface area contributed by atoms with E-state index in [0.29, 0.717) is 5.41 Å². The molecular weight excluding hydrogens is 196 g/mol. The number of benzene rings is 1. The smallest absolute Gasteiger partial charge is 0.123 e. The maximum Gasteiger partial charge on any atom is 0.123 e. The third kappa shape index (κ3) is 1.45. The predicted octanol–water partition coefficient (Wildman–Crippen LogP) is 3.80. The van der Waals surface area contributed by atoms with Crippen LogP contribution in [0.5, 0.6) is 5.75 Å². The first-order valence-corrected chi connectivity index (χ1v) is 6.29. The van der Waals surface area contributed by atoms with Crippen LogP contribution >= 0.6 is 0 Å². The lowest BCUT2D eigenvalue weighted by molar-refractivity contribution is 0.260. The Hall–Kier alpha value is -0.980. The second kappa shape index (κ2) is 3.03. The summed E-state index contributed by atoms with van der Waals surface area (Å²) in [6.07, 6.45) is 3.93. The third-order valence-electron chi connectivity index (χ3n) is 4.11. The summed E-state index contributed by atoms with van der Waals surface area (Å²) in [5, 5.41) is 0. The van der Waals surface area contributed by atoms with E-state index in [4.69, 9.17) is 4.74 Å². The van der Waals surface area contributed by atoms with Crippen molar-refractivity contribution in [3.8, 4) is 5.75 Å². The lowest BCUT2D eigenvalue weighted by Gasteiger charge is -2.28. The zero-order chi connectivity index (χ0) is 11.4. The molecule has 1 aliphatic heterocycles. The van der Waals surface area contributed by atoms with Gasteiger partial charge in [-0.05, 0) is 36.3 Å². The van der Waals surface area contributed by atoms with E-state index in [-0.39, 0.29) is 5.41 Å². The normalized spacial score (nSPS) is 21.4. The van der Waals surface area contributed by atoms with Crippen LogP contribution < -0.4 is 4.74 Å². The van der Waals surface area contributed by atoms with E-state index in [2.05, 4.69) is 39.0 Å². The summed E-state index contributed by atoms with van der Waals surface area (Å²) in [7, 11) is 0. The van der Waals surface area contributed by atoms with Crippen LogP contribution in [0, 0.1) is 0 Å². The molecule has 1 spiro atoms. The van der Waals surface area contributed by atoms with E-state index >= 15 is 0 Å². The molecule has 1 nitrogen and oxygen atoms in total. The zero-order valence-electron chi connectivity index (χ0n) is 10.5. The second-order valence-corrected chi connectivity index (χ2v) is 6.34. The Labute approximate surface area is 97.8 Å². The van der Waals surface area contributed by atoms with Crippen molar-refractivity contribution in [3.05, 3.63) is 29.3 Å². The van der Waals surface area contributed by atoms with Crippen LogP contribution in [0.1, 0.15) is 51.2 Å². The Balaban J connectivity index is 2.09. The summed E-state index contributed by atoms with van der Waals surface area (Å²) in [5.41, 5.74) is 3.64. The number of hydrogen-bond donors (Lipinski definition) is 0. The minimum absolute atomic E-state index is 0.239. The SMILES string of the molecule is CC(C)(C)c1ccc2c(c1)C1(CCO2)CC1. The number of rotatable bonds is 0. The fraction of sp³-hybridized carbons (Fsp3) is 0.600. The molecule has 86 valence electrons. The van der Waals surface area contributed by atoms with Crippen LogP contribution in [-0.2, 0) is 10.8 Å². The quantitative estimate of drug-likeness (QED) is 0.641. The highest BCUT2D eigenvalue weighted by atomic mass is 16.5. The molecule has 1 aliphatic carbocycles. The van der Waals surface area contributed by atoms with Crippen molar-refractivity contribution in [1.82, 2.24) is 0 Å². The van der Waals surface area contributed by atoms with Crippen LogP contribution in [0.3, 0.4) is 0 Å². The Kier molecular flexibility index (Phi) is 1.93. The Bertz CT molecular complexity index is 422. The summed E-state index contributed by atoms with van der Waals surface area (Å²) in [6.45, 7) is 7.73. The molecule has 0 radical (unpaired) electrons. The molecule has 0 bridgehead atoms. The lowest BCUT2D eigenvalue weighted by atomic mass is 9.82. The molecule has 0 aromatic heterocycles. The summed E-state index contributed by atoms with van der Waals surface area (Å²) >= 11 is 0. The molecular formula is C15H20O. The summed E-state index contributed by atoms with van der Waals surface area (Å²) in [6, 6.07) is 6.79. The highest BCUT2D eigenvalue weighted by Gasteiger charge is 2.47. The van der Waals surface area contributed by atoms with Crippen molar-refractivity contribution < 1.29 is 4.74 Å². The molecule has 0 atom stereocenters. The molecule has 0 unspecified atom stereocenters. The van der Waals surface area contributed by atoms with Crippen LogP contribution in [0.15, 0.2) is 18.2 Å². The molecule has 1 saturated carbocycles. The minimum Gasteiger partial charge on any atom is -0.493 e. The lowest BCUT2D eigenvalue weighted by Crippen LogP contribution is -2.21. The van der Waals surface area contributed by atoms with Gasteiger partial charge in [-0.1, -0.05) is 32.9 Å². The van der Waals surface area contributed by atoms with E-state index < -0.39 is 0 Å². The molecule has 3 rings (SSSR count). The molecule has 0 saturated heterocycles. The van der Waals surface area contributed by atoms with Gasteiger partial charge in [0.05, 0.1) is 6.61 Å². The average Bonchev–Trinajstić information content (AvgIpc) is 2.98. The topological polar surface area (TPSA) is 9.23 Å². The maximum atomic E-state index is 5.77. The first kappa shape index (κ1) is 10.2. The first-order valence-electron chi connectivity index (χ1n) is 6.29. The van der Waals surface area contributed by atoms with Gasteiger partial charge >= 0.3 is 0 Å². The summed E-state index contributed by atoms with van der Waals surface area (Å²) < 4.78 is 5.77. The molecule has 2 aliphatic rings. The fourth-order valence-electron chi connectivity index (χ4n) is 2.70. The van der Waals surface area contributed by atoms with E-state index in [0.717, 1.165) is 12.4 Å². The van der Waals surface area contributed by atoms with Gasteiger partial charge in [0.1, 0.15) is 5.75 Å². The van der Waals surface area contributed by atoms with Crippen LogP contribution in [0.4, 0.5) is 0 Å². The van der Waals surface area contributed by atoms with Crippen LogP contribution in [0.2, 0.25) is 0 Å². The van der Waals surface area contributed by atoms with Gasteiger partial charge in [0.25, 0.3) is 0 Å². The van der Waals surface area contributed by atoms with Crippen molar-refractivity contribution in [3.63, 3.8) is 0 Å². The molecule has 1 aromatic rings. The van der Waals surface area contributed by atoms with Crippen molar-refractivity contribution in [2.24, 2.45) is 0 Å². The van der Waals surface area contributed by atoms with E-state index in [1.54, 1.807) is 0 Å². The molecule has 0 N–H and O–H groups in total. The number of hydrogen-bond acceptors (Lipinski definition) is 1.